The van der Waals surface area contributed by atoms with Crippen molar-refractivity contribution in [2.24, 2.45) is 0 Å². The van der Waals surface area contributed by atoms with E-state index in [0.29, 0.717) is 0 Å². The molecule has 0 atom stereocenters. The van der Waals surface area contributed by atoms with Crippen LogP contribution in [0.5, 0.6) is 0 Å². The molecule has 0 unspecified atom stereocenters. The standard InChI is InChI=1S/C23H12OS4.6CH3.2Sn/c1-11-9-13-14-10-12(2)28-23(14)20-18(16-6-4-8-26-16)21(24)17(15-5-3-7-25-15)19(20)22(13)27-11;;;;;;;;/h3-6,9-10H,1-2H3;6*1H3;;. The van der Waals surface area contributed by atoms with Crippen LogP contribution >= 0.6 is 45.3 Å². The number of benzene rings is 1. The molecule has 0 spiro atoms. The Morgan fingerprint density at radius 3 is 1.31 bits per heavy atom. The maximum atomic E-state index is 14.6. The minimum absolute atomic E-state index is 0.228. The molecule has 0 fully saturated rings. The van der Waals surface area contributed by atoms with E-state index in [0.717, 1.165) is 20.9 Å². The van der Waals surface area contributed by atoms with E-state index < -0.39 is 36.8 Å². The van der Waals surface area contributed by atoms with E-state index in [4.69, 9.17) is 0 Å². The molecular weight excluding hydrogens is 730 g/mol. The summed E-state index contributed by atoms with van der Waals surface area (Å²) >= 11 is 2.97. The van der Waals surface area contributed by atoms with Crippen molar-refractivity contribution in [2.75, 3.05) is 0 Å². The van der Waals surface area contributed by atoms with E-state index in [-0.39, 0.29) is 5.78 Å². The number of hydrogen-bond acceptors (Lipinski definition) is 5. The van der Waals surface area contributed by atoms with Gasteiger partial charge in [-0.1, -0.05) is 0 Å². The van der Waals surface area contributed by atoms with E-state index in [1.54, 1.807) is 0 Å². The first-order valence-electron chi connectivity index (χ1n) is 12.3. The topological polar surface area (TPSA) is 17.1 Å². The zero-order valence-corrected chi connectivity index (χ0v) is 31.0. The van der Waals surface area contributed by atoms with E-state index >= 15 is 0 Å². The van der Waals surface area contributed by atoms with Crippen molar-refractivity contribution in [3.8, 4) is 0 Å². The number of Topliss-reactive ketones (excluding diaryl/α,β-unsaturated/α-hetero) is 1. The molecule has 0 saturated heterocycles. The van der Waals surface area contributed by atoms with Crippen LogP contribution in [-0.2, 0) is 4.79 Å². The predicted molar refractivity (Wildman–Crippen MR) is 171 cm³/mol. The number of aryl methyl sites for hydroxylation is 2. The van der Waals surface area contributed by atoms with Crippen molar-refractivity contribution >= 4 is 125 Å². The monoisotopic (exact) mass is 762 g/mol. The molecule has 7 heteroatoms. The molecule has 0 aliphatic heterocycles. The van der Waals surface area contributed by atoms with Crippen LogP contribution in [0, 0.1) is 13.8 Å². The zero-order chi connectivity index (χ0) is 25.7. The van der Waals surface area contributed by atoms with Crippen LogP contribution < -0.4 is 16.2 Å². The normalized spacial score (nSPS) is 14.6. The molecule has 0 saturated carbocycles. The second kappa shape index (κ2) is 8.78. The molecule has 1 nitrogen and oxygen atoms in total. The van der Waals surface area contributed by atoms with Crippen LogP contribution in [-0.4, -0.2) is 42.5 Å². The fourth-order valence-electron chi connectivity index (χ4n) is 5.08. The molecule has 0 bridgehead atoms. The number of carbonyl (C=O) groups is 1. The van der Waals surface area contributed by atoms with E-state index in [9.17, 15) is 4.79 Å². The van der Waals surface area contributed by atoms with Gasteiger partial charge in [-0.15, -0.1) is 0 Å². The van der Waals surface area contributed by atoms with E-state index in [1.807, 2.05) is 45.3 Å². The molecule has 1 aliphatic carbocycles. The van der Waals surface area contributed by atoms with Crippen molar-refractivity contribution < 1.29 is 4.79 Å². The summed E-state index contributed by atoms with van der Waals surface area (Å²) in [6, 6.07) is 13.8. The Morgan fingerprint density at radius 1 is 0.583 bits per heavy atom. The van der Waals surface area contributed by atoms with Crippen molar-refractivity contribution in [3.63, 3.8) is 0 Å². The first kappa shape index (κ1) is 25.8. The van der Waals surface area contributed by atoms with Gasteiger partial charge < -0.3 is 0 Å². The average molecular weight is 760 g/mol. The van der Waals surface area contributed by atoms with E-state index in [2.05, 4.69) is 79.9 Å². The maximum absolute atomic E-state index is 14.6. The SMILES string of the molecule is Cc1cc2c(s1)c1c(c3sc(C)cc32)=C(c2cc[c]([Sn]([CH3])([CH3])[CH3])s2)C(=O)C=1c1cc[c]([Sn]([CH3])([CH3])[CH3])s1. The number of carbonyl (C=O) groups excluding carboxylic acids is 1. The van der Waals surface area contributed by atoms with Crippen LogP contribution in [0.1, 0.15) is 19.5 Å². The molecule has 1 aliphatic rings. The summed E-state index contributed by atoms with van der Waals surface area (Å²) in [5.41, 5.74) is 1.89. The van der Waals surface area contributed by atoms with Crippen molar-refractivity contribution in [2.45, 2.75) is 43.5 Å². The van der Waals surface area contributed by atoms with E-state index in [1.165, 1.54) is 46.2 Å². The number of hydrogen-bond donors (Lipinski definition) is 0. The van der Waals surface area contributed by atoms with Crippen LogP contribution in [0.2, 0.25) is 29.6 Å². The first-order chi connectivity index (χ1) is 16.8. The van der Waals surface area contributed by atoms with Gasteiger partial charge in [0.2, 0.25) is 0 Å². The van der Waals surface area contributed by atoms with Crippen LogP contribution in [0.25, 0.3) is 31.3 Å². The third-order valence-corrected chi connectivity index (χ3v) is 30.2. The zero-order valence-electron chi connectivity index (χ0n) is 22.0. The molecule has 4 aromatic heterocycles. The van der Waals surface area contributed by atoms with Crippen LogP contribution in [0.15, 0.2) is 36.4 Å². The Balaban J connectivity index is 1.82. The Labute approximate surface area is 236 Å². The van der Waals surface area contributed by atoms with Gasteiger partial charge in [-0.05, 0) is 0 Å². The van der Waals surface area contributed by atoms with Gasteiger partial charge in [0.05, 0.1) is 0 Å². The summed E-state index contributed by atoms with van der Waals surface area (Å²) in [7, 11) is 0. The molecule has 5 aromatic rings. The predicted octanol–water partition coefficient (Wildman–Crippen LogP) is 6.93. The number of thiophene rings is 4. The summed E-state index contributed by atoms with van der Waals surface area (Å²) in [5, 5.41) is 5.02. The Bertz CT molecular complexity index is 1710. The van der Waals surface area contributed by atoms with Crippen molar-refractivity contribution in [1.29, 1.82) is 0 Å². The number of rotatable bonds is 4. The molecule has 184 valence electrons. The quantitative estimate of drug-likeness (QED) is 0.182. The molecule has 0 amide bonds. The fraction of sp³-hybridized carbons (Fsp3) is 0.276. The van der Waals surface area contributed by atoms with Crippen molar-refractivity contribution in [1.82, 2.24) is 0 Å². The molecule has 36 heavy (non-hydrogen) atoms. The van der Waals surface area contributed by atoms with Crippen LogP contribution in [0.4, 0.5) is 0 Å². The molecule has 0 N–H and O–H groups in total. The third kappa shape index (κ3) is 4.06. The second-order valence-electron chi connectivity index (χ2n) is 11.9. The molecule has 4 heterocycles. The van der Waals surface area contributed by atoms with Gasteiger partial charge in [-0.2, -0.15) is 0 Å². The summed E-state index contributed by atoms with van der Waals surface area (Å²) in [5.74, 6) is 0.228. The van der Waals surface area contributed by atoms with Gasteiger partial charge in [0.1, 0.15) is 0 Å². The Morgan fingerprint density at radius 2 is 0.972 bits per heavy atom. The summed E-state index contributed by atoms with van der Waals surface area (Å²) in [6.07, 6.45) is 0. The number of ketones is 1. The minimum atomic E-state index is -2.25. The van der Waals surface area contributed by atoms with Gasteiger partial charge in [0.15, 0.2) is 0 Å². The summed E-state index contributed by atoms with van der Waals surface area (Å²) in [6.45, 7) is 4.39. The third-order valence-electron chi connectivity index (χ3n) is 6.84. The van der Waals surface area contributed by atoms with Gasteiger partial charge in [0, 0.05) is 0 Å². The summed E-state index contributed by atoms with van der Waals surface area (Å²) in [4.78, 5) is 34.3. The molecular formula is C29H30OS4Sn2. The average Bonchev–Trinajstić information content (AvgIpc) is 3.54. The molecule has 1 aromatic carbocycles. The van der Waals surface area contributed by atoms with Gasteiger partial charge >= 0.3 is 240 Å². The second-order valence-corrected chi connectivity index (χ2v) is 47.4. The first-order valence-corrected chi connectivity index (χ1v) is 35.6. The summed E-state index contributed by atoms with van der Waals surface area (Å²) < 4.78 is 5.63. The Hall–Kier alpha value is -0.453. The van der Waals surface area contributed by atoms with Crippen LogP contribution in [0.3, 0.4) is 0 Å². The number of fused-ring (bicyclic) bond motifs is 6. The van der Waals surface area contributed by atoms with Crippen molar-refractivity contribution in [3.05, 3.63) is 66.3 Å². The molecule has 6 rings (SSSR count). The fourth-order valence-corrected chi connectivity index (χ4v) is 19.9. The Kier molecular flexibility index (Phi) is 6.29. The molecule has 0 radical (unpaired) electrons. The van der Waals surface area contributed by atoms with Gasteiger partial charge in [-0.3, -0.25) is 0 Å². The van der Waals surface area contributed by atoms with Gasteiger partial charge in [0.25, 0.3) is 0 Å². The van der Waals surface area contributed by atoms with Gasteiger partial charge in [-0.25, -0.2) is 0 Å².